The molecule has 1 aliphatic carbocycles. The molecule has 1 fully saturated rings. The molecule has 19 heavy (non-hydrogen) atoms. The van der Waals surface area contributed by atoms with E-state index >= 15 is 0 Å². The summed E-state index contributed by atoms with van der Waals surface area (Å²) in [6.07, 6.45) is 1.63. The maximum atomic E-state index is 12.5. The molecular weight excluding hydrogens is 351 g/mol. The second-order valence-electron chi connectivity index (χ2n) is 5.99. The van der Waals surface area contributed by atoms with Crippen molar-refractivity contribution < 1.29 is 9.53 Å². The van der Waals surface area contributed by atoms with Crippen LogP contribution in [0.2, 0.25) is 0 Å². The number of halogens is 1. The number of rotatable bonds is 5. The third kappa shape index (κ3) is 2.67. The Morgan fingerprint density at radius 3 is 2.37 bits per heavy atom. The van der Waals surface area contributed by atoms with Crippen LogP contribution in [-0.2, 0) is 9.53 Å². The van der Waals surface area contributed by atoms with Crippen LogP contribution in [0.4, 0.5) is 0 Å². The molecule has 0 saturated heterocycles. The van der Waals surface area contributed by atoms with Gasteiger partial charge in [-0.15, -0.1) is 0 Å². The van der Waals surface area contributed by atoms with Crippen molar-refractivity contribution in [2.45, 2.75) is 39.7 Å². The Kier molecular flexibility index (Phi) is 4.23. The lowest BCUT2D eigenvalue weighted by molar-refractivity contribution is -0.156. The topological polar surface area (TPSA) is 26.3 Å². The number of carbonyl (C=O) groups is 1. The molecule has 1 aliphatic rings. The minimum absolute atomic E-state index is 0.0254. The van der Waals surface area contributed by atoms with Gasteiger partial charge in [-0.3, -0.25) is 4.79 Å². The summed E-state index contributed by atoms with van der Waals surface area (Å²) in [5.74, 6) is -0.0254. The molecular formula is C16H21IO2. The Balaban J connectivity index is 2.10. The molecule has 104 valence electrons. The van der Waals surface area contributed by atoms with E-state index in [0.717, 1.165) is 22.8 Å². The summed E-state index contributed by atoms with van der Waals surface area (Å²) in [5.41, 5.74) is 0.899. The van der Waals surface area contributed by atoms with Crippen molar-refractivity contribution in [3.05, 3.63) is 35.9 Å². The van der Waals surface area contributed by atoms with Crippen molar-refractivity contribution in [2.24, 2.45) is 10.8 Å². The summed E-state index contributed by atoms with van der Waals surface area (Å²) in [7, 11) is 0. The van der Waals surface area contributed by atoms with Crippen LogP contribution < -0.4 is 0 Å². The largest absolute Gasteiger partial charge is 0.457 e. The average Bonchev–Trinajstić information content (AvgIpc) is 3.00. The number of carbonyl (C=O) groups excluding carboxylic acids is 1. The van der Waals surface area contributed by atoms with Crippen LogP contribution in [0.3, 0.4) is 0 Å². The highest BCUT2D eigenvalue weighted by molar-refractivity contribution is 14.1. The lowest BCUT2D eigenvalue weighted by Crippen LogP contribution is -2.27. The van der Waals surface area contributed by atoms with Crippen LogP contribution in [0, 0.1) is 10.8 Å². The quantitative estimate of drug-likeness (QED) is 0.431. The maximum absolute atomic E-state index is 12.5. The van der Waals surface area contributed by atoms with Crippen molar-refractivity contribution in [3.63, 3.8) is 0 Å². The van der Waals surface area contributed by atoms with Gasteiger partial charge < -0.3 is 4.74 Å². The molecule has 0 radical (unpaired) electrons. The van der Waals surface area contributed by atoms with E-state index in [1.807, 2.05) is 30.3 Å². The summed E-state index contributed by atoms with van der Waals surface area (Å²) < 4.78 is 6.63. The third-order valence-corrected chi connectivity index (χ3v) is 5.63. The van der Waals surface area contributed by atoms with Crippen LogP contribution in [0.1, 0.15) is 45.3 Å². The molecule has 2 unspecified atom stereocenters. The molecule has 2 rings (SSSR count). The van der Waals surface area contributed by atoms with Gasteiger partial charge in [-0.25, -0.2) is 0 Å². The smallest absolute Gasteiger partial charge is 0.314 e. The molecule has 1 saturated carbocycles. The van der Waals surface area contributed by atoms with E-state index in [-0.39, 0.29) is 22.9 Å². The molecule has 0 bridgehead atoms. The van der Waals surface area contributed by atoms with Crippen LogP contribution >= 0.6 is 22.6 Å². The van der Waals surface area contributed by atoms with Crippen LogP contribution in [0.15, 0.2) is 30.3 Å². The molecule has 0 amide bonds. The first kappa shape index (κ1) is 14.8. The number of alkyl halides is 1. The molecule has 0 aliphatic heterocycles. The lowest BCUT2D eigenvalue weighted by Gasteiger charge is -2.22. The Morgan fingerprint density at radius 1 is 1.37 bits per heavy atom. The third-order valence-electron chi connectivity index (χ3n) is 4.32. The van der Waals surface area contributed by atoms with Gasteiger partial charge in [0.15, 0.2) is 0 Å². The minimum atomic E-state index is -0.268. The molecule has 0 aromatic heterocycles. The van der Waals surface area contributed by atoms with Crippen molar-refractivity contribution in [1.82, 2.24) is 0 Å². The summed E-state index contributed by atoms with van der Waals surface area (Å²) in [5, 5.41) is 0. The van der Waals surface area contributed by atoms with Gasteiger partial charge in [0.2, 0.25) is 0 Å². The number of esters is 1. The molecule has 0 heterocycles. The molecule has 0 spiro atoms. The first-order valence-corrected chi connectivity index (χ1v) is 8.31. The lowest BCUT2D eigenvalue weighted by atomic mass is 9.98. The monoisotopic (exact) mass is 372 g/mol. The Bertz CT molecular complexity index is 455. The predicted molar refractivity (Wildman–Crippen MR) is 85.3 cm³/mol. The highest BCUT2D eigenvalue weighted by Crippen LogP contribution is 2.65. The van der Waals surface area contributed by atoms with E-state index in [9.17, 15) is 4.79 Å². The zero-order chi connectivity index (χ0) is 14.1. The Labute approximate surface area is 129 Å². The van der Waals surface area contributed by atoms with E-state index in [1.165, 1.54) is 0 Å². The van der Waals surface area contributed by atoms with Gasteiger partial charge in [-0.2, -0.15) is 0 Å². The SMILES string of the molecule is CCC(OC(=O)C1(CI)CC1(C)C)c1ccccc1. The average molecular weight is 372 g/mol. The van der Waals surface area contributed by atoms with E-state index < -0.39 is 0 Å². The number of hydrogen-bond donors (Lipinski definition) is 0. The highest BCUT2D eigenvalue weighted by Gasteiger charge is 2.66. The normalized spacial score (nSPS) is 25.7. The first-order valence-electron chi connectivity index (χ1n) is 6.79. The Morgan fingerprint density at radius 2 is 1.95 bits per heavy atom. The van der Waals surface area contributed by atoms with Crippen LogP contribution in [-0.4, -0.2) is 10.4 Å². The van der Waals surface area contributed by atoms with Crippen molar-refractivity contribution >= 4 is 28.6 Å². The fraction of sp³-hybridized carbons (Fsp3) is 0.562. The van der Waals surface area contributed by atoms with Gasteiger partial charge in [0.25, 0.3) is 0 Å². The van der Waals surface area contributed by atoms with E-state index in [0.29, 0.717) is 0 Å². The Hall–Kier alpha value is -0.580. The highest BCUT2D eigenvalue weighted by atomic mass is 127. The second-order valence-corrected chi connectivity index (χ2v) is 6.75. The molecule has 1 aromatic rings. The zero-order valence-corrected chi connectivity index (χ0v) is 13.9. The fourth-order valence-electron chi connectivity index (χ4n) is 2.64. The summed E-state index contributed by atoms with van der Waals surface area (Å²) in [6.45, 7) is 6.35. The maximum Gasteiger partial charge on any atom is 0.314 e. The standard InChI is InChI=1S/C16H21IO2/c1-4-13(12-8-6-5-7-9-12)19-14(18)16(11-17)10-15(16,2)3/h5-9,13H,4,10-11H2,1-3H3. The predicted octanol–water partition coefficient (Wildman–Crippen LogP) is 4.53. The van der Waals surface area contributed by atoms with Gasteiger partial charge in [-0.1, -0.05) is 73.7 Å². The summed E-state index contributed by atoms with van der Waals surface area (Å²) >= 11 is 2.31. The zero-order valence-electron chi connectivity index (χ0n) is 11.8. The van der Waals surface area contributed by atoms with E-state index in [2.05, 4.69) is 43.4 Å². The van der Waals surface area contributed by atoms with Crippen molar-refractivity contribution in [2.75, 3.05) is 4.43 Å². The van der Waals surface area contributed by atoms with Crippen molar-refractivity contribution in [3.8, 4) is 0 Å². The summed E-state index contributed by atoms with van der Waals surface area (Å²) in [4.78, 5) is 12.5. The van der Waals surface area contributed by atoms with Gasteiger partial charge in [-0.05, 0) is 23.8 Å². The number of benzene rings is 1. The van der Waals surface area contributed by atoms with Crippen molar-refractivity contribution in [1.29, 1.82) is 0 Å². The number of ether oxygens (including phenoxy) is 1. The minimum Gasteiger partial charge on any atom is -0.457 e. The van der Waals surface area contributed by atoms with Gasteiger partial charge >= 0.3 is 5.97 Å². The van der Waals surface area contributed by atoms with E-state index in [1.54, 1.807) is 0 Å². The second kappa shape index (κ2) is 5.43. The van der Waals surface area contributed by atoms with Gasteiger partial charge in [0.1, 0.15) is 6.10 Å². The molecule has 1 aromatic carbocycles. The molecule has 2 nitrogen and oxygen atoms in total. The summed E-state index contributed by atoms with van der Waals surface area (Å²) in [6, 6.07) is 10.0. The first-order chi connectivity index (χ1) is 8.97. The van der Waals surface area contributed by atoms with E-state index in [4.69, 9.17) is 4.74 Å². The fourth-order valence-corrected chi connectivity index (χ4v) is 4.25. The molecule has 2 atom stereocenters. The van der Waals surface area contributed by atoms with Gasteiger partial charge in [0, 0.05) is 4.43 Å². The van der Waals surface area contributed by atoms with Crippen LogP contribution in [0.5, 0.6) is 0 Å². The van der Waals surface area contributed by atoms with Gasteiger partial charge in [0.05, 0.1) is 5.41 Å². The number of hydrogen-bond acceptors (Lipinski definition) is 2. The molecule has 0 N–H and O–H groups in total. The molecule has 3 heteroatoms. The van der Waals surface area contributed by atoms with Crippen LogP contribution in [0.25, 0.3) is 0 Å².